The SMILES string of the molecule is CC(C)CCCNC(=O)Cn1cnc2c1c(=O)n(C)c(=O)n2C.CCNCCCNC(=O)Cn1cnc2c1c(=O)n(C)c(=O)n2C.CN(C)CCC(=O)NCCn1cnc2c1c(=O)n(C)c(=O)n2C.CN(C)CCCNC(=S)Cn1cnc2c1c(=O)n(C)c(=O)n2C. The highest BCUT2D eigenvalue weighted by Crippen LogP contribution is 2.09. The van der Waals surface area contributed by atoms with Gasteiger partial charge in [0, 0.05) is 102 Å². The van der Waals surface area contributed by atoms with E-state index in [0.29, 0.717) is 78.9 Å². The summed E-state index contributed by atoms with van der Waals surface area (Å²) < 4.78 is 15.7. The summed E-state index contributed by atoms with van der Waals surface area (Å²) >= 11 is 5.33. The van der Waals surface area contributed by atoms with Gasteiger partial charge in [0.25, 0.3) is 22.2 Å². The molecule has 35 heteroatoms. The van der Waals surface area contributed by atoms with E-state index >= 15 is 0 Å². The molecule has 5 N–H and O–H groups in total. The molecule has 0 radical (unpaired) electrons. The number of imidazole rings is 4. The minimum Gasteiger partial charge on any atom is -0.378 e. The number of aromatic nitrogens is 16. The molecule has 34 nitrogen and oxygen atoms in total. The van der Waals surface area contributed by atoms with Crippen LogP contribution in [-0.4, -0.2) is 188 Å². The van der Waals surface area contributed by atoms with Gasteiger partial charge in [-0.2, -0.15) is 0 Å². The lowest BCUT2D eigenvalue weighted by Crippen LogP contribution is -2.38. The van der Waals surface area contributed by atoms with Crippen molar-refractivity contribution in [3.63, 3.8) is 0 Å². The van der Waals surface area contributed by atoms with Crippen LogP contribution in [0, 0.1) is 5.92 Å². The molecule has 0 saturated carbocycles. The van der Waals surface area contributed by atoms with Crippen LogP contribution in [0.5, 0.6) is 0 Å². The van der Waals surface area contributed by atoms with E-state index in [9.17, 15) is 52.7 Å². The molecular formula is C57H89N23O11S. The minimum absolute atomic E-state index is 0.00558. The fraction of sp³-hybridized carbons (Fsp3) is 0.579. The van der Waals surface area contributed by atoms with Crippen molar-refractivity contribution in [3.8, 4) is 0 Å². The zero-order chi connectivity index (χ0) is 68.4. The molecule has 0 aliphatic carbocycles. The Balaban J connectivity index is 0.000000223. The quantitative estimate of drug-likeness (QED) is 0.0272. The van der Waals surface area contributed by atoms with Crippen LogP contribution in [0.25, 0.3) is 44.7 Å². The van der Waals surface area contributed by atoms with Crippen LogP contribution < -0.4 is 71.6 Å². The van der Waals surface area contributed by atoms with Crippen LogP contribution in [0.1, 0.15) is 52.9 Å². The fourth-order valence-electron chi connectivity index (χ4n) is 9.46. The second-order valence-electron chi connectivity index (χ2n) is 22.9. The van der Waals surface area contributed by atoms with Crippen LogP contribution in [0.3, 0.4) is 0 Å². The van der Waals surface area contributed by atoms with Gasteiger partial charge in [0.15, 0.2) is 44.7 Å². The minimum atomic E-state index is -0.458. The van der Waals surface area contributed by atoms with Crippen molar-refractivity contribution in [2.45, 2.75) is 79.1 Å². The Morgan fingerprint density at radius 2 is 0.793 bits per heavy atom. The van der Waals surface area contributed by atoms with E-state index in [1.807, 2.05) is 40.0 Å². The summed E-state index contributed by atoms with van der Waals surface area (Å²) in [5, 5.41) is 14.8. The molecule has 0 aliphatic heterocycles. The first-order valence-corrected chi connectivity index (χ1v) is 30.4. The van der Waals surface area contributed by atoms with Gasteiger partial charge in [-0.05, 0) is 79.4 Å². The van der Waals surface area contributed by atoms with E-state index in [1.54, 1.807) is 43.7 Å². The maximum Gasteiger partial charge on any atom is 0.332 e. The first-order valence-electron chi connectivity index (χ1n) is 30.0. The van der Waals surface area contributed by atoms with Crippen LogP contribution in [-0.2, 0) is 96.9 Å². The maximum absolute atomic E-state index is 12.3. The zero-order valence-electron chi connectivity index (χ0n) is 55.4. The predicted molar refractivity (Wildman–Crippen MR) is 354 cm³/mol. The number of amides is 3. The maximum atomic E-state index is 12.3. The highest BCUT2D eigenvalue weighted by molar-refractivity contribution is 7.80. The van der Waals surface area contributed by atoms with Gasteiger partial charge < -0.3 is 54.7 Å². The molecule has 8 aromatic rings. The van der Waals surface area contributed by atoms with Crippen LogP contribution >= 0.6 is 12.2 Å². The highest BCUT2D eigenvalue weighted by atomic mass is 32.1. The van der Waals surface area contributed by atoms with Gasteiger partial charge in [-0.25, -0.2) is 39.1 Å². The molecule has 0 aliphatic rings. The number of thiocarbonyl (C=S) groups is 1. The van der Waals surface area contributed by atoms with Gasteiger partial charge >= 0.3 is 22.8 Å². The standard InChI is InChI=1S/C15H23N5O3.2C14H22N6O3.C14H22N6O2S/c1-10(2)6-5-7-16-11(21)8-20-9-17-13-12(20)14(22)19(4)15(23)18(13)3;1-17(2)7-5-10(21)15-6-8-20-9-16-12-11(20)13(22)19(4)14(23)18(12)3;1-4-15-6-5-7-16-10(21)8-20-9-17-12-11(20)13(22)19(3)14(23)18(12)2;1-17(2)7-5-6-15-10(23)8-20-9-16-12-11(20)13(21)19(4)14(22)18(12)3/h9-10H,5-8H2,1-4H3,(H,16,21);9H,5-8H2,1-4H3,(H,15,21);9,15H,4-8H2,1-3H3,(H,16,21);9H,5-8H2,1-4H3,(H,15,23). The summed E-state index contributed by atoms with van der Waals surface area (Å²) in [7, 11) is 19.8. The lowest BCUT2D eigenvalue weighted by molar-refractivity contribution is -0.122. The summed E-state index contributed by atoms with van der Waals surface area (Å²) in [6.07, 6.45) is 10.1. The van der Waals surface area contributed by atoms with E-state index in [4.69, 9.17) is 12.2 Å². The number of aryl methyl sites for hydroxylation is 4. The van der Waals surface area contributed by atoms with Crippen LogP contribution in [0.15, 0.2) is 63.7 Å². The largest absolute Gasteiger partial charge is 0.378 e. The topological polar surface area (TPSA) is 365 Å². The van der Waals surface area contributed by atoms with E-state index in [-0.39, 0.29) is 64.3 Å². The molecule has 0 spiro atoms. The van der Waals surface area contributed by atoms with Crippen molar-refractivity contribution in [3.05, 3.63) is 109 Å². The number of hydrogen-bond donors (Lipinski definition) is 5. The molecular weight excluding hydrogens is 1210 g/mol. The first kappa shape index (κ1) is 73.5. The van der Waals surface area contributed by atoms with Gasteiger partial charge in [0.2, 0.25) is 17.7 Å². The molecule has 0 atom stereocenters. The molecule has 504 valence electrons. The molecule has 8 aromatic heterocycles. The van der Waals surface area contributed by atoms with Gasteiger partial charge in [-0.15, -0.1) is 0 Å². The second kappa shape index (κ2) is 33.7. The van der Waals surface area contributed by atoms with E-state index in [0.717, 1.165) is 70.1 Å². The van der Waals surface area contributed by atoms with E-state index < -0.39 is 33.9 Å². The molecule has 0 aromatic carbocycles. The normalized spacial score (nSPS) is 11.3. The molecule has 8 rings (SSSR count). The summed E-state index contributed by atoms with van der Waals surface area (Å²) in [5.74, 6) is 0.192. The molecule has 0 fully saturated rings. The Bertz CT molecular complexity index is 4280. The number of rotatable bonds is 25. The number of fused-ring (bicyclic) bond motifs is 4. The third-order valence-electron chi connectivity index (χ3n) is 14.8. The van der Waals surface area contributed by atoms with Crippen molar-refractivity contribution in [2.75, 3.05) is 80.5 Å². The predicted octanol–water partition coefficient (Wildman–Crippen LogP) is -3.66. The summed E-state index contributed by atoms with van der Waals surface area (Å²) in [6.45, 7) is 12.8. The van der Waals surface area contributed by atoms with Gasteiger partial charge in [0.05, 0.1) is 36.8 Å². The van der Waals surface area contributed by atoms with Crippen molar-refractivity contribution in [1.29, 1.82) is 0 Å². The molecule has 92 heavy (non-hydrogen) atoms. The van der Waals surface area contributed by atoms with E-state index in [2.05, 4.69) is 65.3 Å². The van der Waals surface area contributed by atoms with Crippen LogP contribution in [0.4, 0.5) is 0 Å². The molecule has 0 saturated heterocycles. The summed E-state index contributed by atoms with van der Waals surface area (Å²) in [5.41, 5.74) is -0.833. The monoisotopic (exact) mass is 1300 g/mol. The lowest BCUT2D eigenvalue weighted by atomic mass is 10.1. The Labute approximate surface area is 533 Å². The summed E-state index contributed by atoms with van der Waals surface area (Å²) in [6, 6.07) is 0. The van der Waals surface area contributed by atoms with Crippen molar-refractivity contribution in [2.24, 2.45) is 62.3 Å². The molecule has 0 unspecified atom stereocenters. The van der Waals surface area contributed by atoms with Gasteiger partial charge in [0.1, 0.15) is 13.1 Å². The molecule has 0 bridgehead atoms. The van der Waals surface area contributed by atoms with Crippen LogP contribution in [0.2, 0.25) is 0 Å². The smallest absolute Gasteiger partial charge is 0.332 e. The Hall–Kier alpha value is -9.22. The average molecular weight is 1300 g/mol. The Morgan fingerprint density at radius 1 is 0.446 bits per heavy atom. The van der Waals surface area contributed by atoms with Crippen molar-refractivity contribution >= 4 is 79.6 Å². The van der Waals surface area contributed by atoms with Gasteiger partial charge in [-0.1, -0.05) is 33.0 Å². The summed E-state index contributed by atoms with van der Waals surface area (Å²) in [4.78, 5) is 153. The zero-order valence-corrected chi connectivity index (χ0v) is 56.2. The number of nitrogens with one attached hydrogen (secondary N) is 5. The number of nitrogens with zero attached hydrogens (tertiary/aromatic N) is 18. The van der Waals surface area contributed by atoms with Gasteiger partial charge in [-0.3, -0.25) is 70.1 Å². The Morgan fingerprint density at radius 3 is 1.17 bits per heavy atom. The molecule has 3 amide bonds. The lowest BCUT2D eigenvalue weighted by Gasteiger charge is -2.12. The second-order valence-corrected chi connectivity index (χ2v) is 23.4. The van der Waals surface area contributed by atoms with E-state index in [1.165, 1.54) is 74.6 Å². The average Bonchev–Trinajstić information content (AvgIpc) is 1.61. The highest BCUT2D eigenvalue weighted by Gasteiger charge is 2.20. The fourth-order valence-corrected chi connectivity index (χ4v) is 9.70. The number of carbonyl (C=O) groups excluding carboxylic acids is 3. The Kier molecular flexibility index (Phi) is 27.0. The third kappa shape index (κ3) is 18.5. The number of carbonyl (C=O) groups is 3. The third-order valence-corrected chi connectivity index (χ3v) is 15.0. The first-order chi connectivity index (χ1) is 43.4. The number of hydrogen-bond acceptors (Lipinski definition) is 19. The van der Waals surface area contributed by atoms with Crippen molar-refractivity contribution in [1.82, 2.24) is 111 Å². The molecule has 8 heterocycles. The van der Waals surface area contributed by atoms with Crippen molar-refractivity contribution < 1.29 is 14.4 Å².